The average Bonchev–Trinajstić information content (AvgIpc) is 3.79. The maximum atomic E-state index is 9.40. The Hall–Kier alpha value is -5.56. The first-order chi connectivity index (χ1) is 21.6. The zero-order chi connectivity index (χ0) is 30.3. The Balaban J connectivity index is 1.19. The van der Waals surface area contributed by atoms with Gasteiger partial charge in [-0.15, -0.1) is 0 Å². The summed E-state index contributed by atoms with van der Waals surface area (Å²) in [5.74, 6) is 5.30. The lowest BCUT2D eigenvalue weighted by Gasteiger charge is -2.44. The number of ether oxygens (including phenoxy) is 2. The van der Waals surface area contributed by atoms with Crippen LogP contribution in [0.25, 0.3) is 0 Å². The van der Waals surface area contributed by atoms with Gasteiger partial charge in [0.1, 0.15) is 47.3 Å². The summed E-state index contributed by atoms with van der Waals surface area (Å²) in [5, 5.41) is 37.3. The third-order valence-electron chi connectivity index (χ3n) is 10.2. The third kappa shape index (κ3) is 4.45. The van der Waals surface area contributed by atoms with Crippen molar-refractivity contribution in [1.82, 2.24) is 0 Å². The van der Waals surface area contributed by atoms with Gasteiger partial charge in [-0.2, -0.15) is 21.0 Å². The van der Waals surface area contributed by atoms with E-state index in [2.05, 4.69) is 36.4 Å². The van der Waals surface area contributed by atoms with E-state index in [0.717, 1.165) is 24.2 Å². The van der Waals surface area contributed by atoms with Crippen molar-refractivity contribution < 1.29 is 9.47 Å². The number of hydrogen-bond donors (Lipinski definition) is 0. The molecule has 4 aromatic carbocycles. The zero-order valence-corrected chi connectivity index (χ0v) is 24.0. The first kappa shape index (κ1) is 27.3. The molecule has 6 heteroatoms. The fourth-order valence-electron chi connectivity index (χ4n) is 8.44. The average molecular weight is 573 g/mol. The second-order valence-electron chi connectivity index (χ2n) is 12.2. The zero-order valence-electron chi connectivity index (χ0n) is 24.0. The largest absolute Gasteiger partial charge is 0.457 e. The normalized spacial score (nSPS) is 22.2. The quantitative estimate of drug-likeness (QED) is 0.229. The minimum atomic E-state index is -0.0991. The van der Waals surface area contributed by atoms with Crippen molar-refractivity contribution in [3.05, 3.63) is 118 Å². The Kier molecular flexibility index (Phi) is 6.78. The monoisotopic (exact) mass is 572 g/mol. The molecule has 0 N–H and O–H groups in total. The van der Waals surface area contributed by atoms with Crippen molar-refractivity contribution in [2.45, 2.75) is 37.5 Å². The summed E-state index contributed by atoms with van der Waals surface area (Å²) in [6.07, 6.45) is 6.36. The highest BCUT2D eigenvalue weighted by atomic mass is 16.5. The fraction of sp³-hybridized carbons (Fsp3) is 0.263. The van der Waals surface area contributed by atoms with Gasteiger partial charge >= 0.3 is 0 Å². The maximum Gasteiger partial charge on any atom is 0.128 e. The van der Waals surface area contributed by atoms with Crippen LogP contribution in [-0.4, -0.2) is 0 Å². The fourth-order valence-corrected chi connectivity index (χ4v) is 8.44. The van der Waals surface area contributed by atoms with Crippen molar-refractivity contribution in [1.29, 1.82) is 21.0 Å². The molecule has 6 nitrogen and oxygen atoms in total. The molecule has 0 saturated heterocycles. The van der Waals surface area contributed by atoms with E-state index in [1.807, 2.05) is 36.4 Å². The summed E-state index contributed by atoms with van der Waals surface area (Å²) in [7, 11) is 0. The number of nitriles is 4. The minimum absolute atomic E-state index is 0.0991. The van der Waals surface area contributed by atoms with Gasteiger partial charge < -0.3 is 9.47 Å². The third-order valence-corrected chi connectivity index (χ3v) is 10.2. The summed E-state index contributed by atoms with van der Waals surface area (Å²) in [6.45, 7) is 0. The van der Waals surface area contributed by atoms with Gasteiger partial charge in [0.05, 0.1) is 22.3 Å². The van der Waals surface area contributed by atoms with E-state index in [9.17, 15) is 21.0 Å². The molecule has 0 spiro atoms. The Morgan fingerprint density at radius 3 is 1.48 bits per heavy atom. The molecular weight excluding hydrogens is 544 g/mol. The van der Waals surface area contributed by atoms with Crippen molar-refractivity contribution in [3.63, 3.8) is 0 Å². The lowest BCUT2D eigenvalue weighted by molar-refractivity contribution is 0.181. The molecule has 7 rings (SSSR count). The van der Waals surface area contributed by atoms with Gasteiger partial charge in [0.15, 0.2) is 0 Å². The summed E-state index contributed by atoms with van der Waals surface area (Å²) in [5.41, 5.74) is 3.74. The molecule has 44 heavy (non-hydrogen) atoms. The van der Waals surface area contributed by atoms with E-state index in [1.165, 1.54) is 36.8 Å². The number of nitrogens with zero attached hydrogens (tertiary/aromatic N) is 4. The molecule has 3 fully saturated rings. The van der Waals surface area contributed by atoms with Gasteiger partial charge in [-0.3, -0.25) is 0 Å². The van der Waals surface area contributed by atoms with E-state index < -0.39 is 0 Å². The molecule has 4 unspecified atom stereocenters. The van der Waals surface area contributed by atoms with E-state index in [0.29, 0.717) is 51.2 Å². The molecule has 0 radical (unpaired) electrons. The first-order valence-electron chi connectivity index (χ1n) is 15.0. The van der Waals surface area contributed by atoms with Gasteiger partial charge in [0.2, 0.25) is 0 Å². The van der Waals surface area contributed by atoms with Crippen LogP contribution in [0.15, 0.2) is 84.9 Å². The Morgan fingerprint density at radius 1 is 0.545 bits per heavy atom. The smallest absolute Gasteiger partial charge is 0.128 e. The van der Waals surface area contributed by atoms with Crippen molar-refractivity contribution >= 4 is 0 Å². The summed E-state index contributed by atoms with van der Waals surface area (Å²) < 4.78 is 12.2. The van der Waals surface area contributed by atoms with Crippen LogP contribution < -0.4 is 9.47 Å². The van der Waals surface area contributed by atoms with Gasteiger partial charge in [-0.05, 0) is 121 Å². The van der Waals surface area contributed by atoms with Gasteiger partial charge in [-0.1, -0.05) is 30.7 Å². The van der Waals surface area contributed by atoms with Crippen LogP contribution in [0.3, 0.4) is 0 Å². The predicted molar refractivity (Wildman–Crippen MR) is 163 cm³/mol. The molecule has 0 aliphatic heterocycles. The Labute approximate surface area is 256 Å². The van der Waals surface area contributed by atoms with Crippen LogP contribution in [0, 0.1) is 69.0 Å². The van der Waals surface area contributed by atoms with Crippen molar-refractivity contribution in [3.8, 4) is 47.3 Å². The second kappa shape index (κ2) is 10.9. The summed E-state index contributed by atoms with van der Waals surface area (Å²) >= 11 is 0. The molecule has 3 saturated carbocycles. The van der Waals surface area contributed by atoms with E-state index in [-0.39, 0.29) is 5.41 Å². The lowest BCUT2D eigenvalue weighted by Crippen LogP contribution is -2.40. The minimum Gasteiger partial charge on any atom is -0.457 e. The first-order valence-corrected chi connectivity index (χ1v) is 15.0. The highest BCUT2D eigenvalue weighted by Gasteiger charge is 2.61. The van der Waals surface area contributed by atoms with Gasteiger partial charge in [-0.25, -0.2) is 0 Å². The summed E-state index contributed by atoms with van der Waals surface area (Å²) in [4.78, 5) is 0. The molecule has 0 heterocycles. The van der Waals surface area contributed by atoms with Crippen LogP contribution in [0.1, 0.15) is 65.5 Å². The molecule has 3 aliphatic rings. The van der Waals surface area contributed by atoms with Crippen LogP contribution in [0.2, 0.25) is 0 Å². The maximum absolute atomic E-state index is 9.40. The molecular formula is C38H28N4O2. The standard InChI is InChI=1S/C38H28N4O2/c39-20-24-4-10-33(16-27(24)22-41)43-31-12-6-29(7-13-31)38(19-26-18-37(38)36-3-1-2-35(26)36)30-8-14-32(15-9-30)44-34-11-5-25(21-40)28(17-34)23-42/h4-17,26,35-37H,1-3,18-19H2. The van der Waals surface area contributed by atoms with Crippen LogP contribution in [0.5, 0.6) is 23.0 Å². The van der Waals surface area contributed by atoms with E-state index in [1.54, 1.807) is 36.4 Å². The highest BCUT2D eigenvalue weighted by Crippen LogP contribution is 2.68. The van der Waals surface area contributed by atoms with Gasteiger partial charge in [0, 0.05) is 5.41 Å². The number of hydrogen-bond acceptors (Lipinski definition) is 6. The second-order valence-corrected chi connectivity index (χ2v) is 12.2. The predicted octanol–water partition coefficient (Wildman–Crippen LogP) is 8.50. The van der Waals surface area contributed by atoms with Crippen LogP contribution >= 0.6 is 0 Å². The molecule has 0 amide bonds. The van der Waals surface area contributed by atoms with Crippen LogP contribution in [0.4, 0.5) is 0 Å². The molecule has 212 valence electrons. The van der Waals surface area contributed by atoms with Crippen molar-refractivity contribution in [2.75, 3.05) is 0 Å². The molecule has 0 aromatic heterocycles. The number of benzene rings is 4. The number of fused-ring (bicyclic) bond motifs is 5. The molecule has 2 bridgehead atoms. The Bertz CT molecular complexity index is 1800. The Morgan fingerprint density at radius 2 is 1.00 bits per heavy atom. The summed E-state index contributed by atoms with van der Waals surface area (Å²) in [6, 6.07) is 34.9. The van der Waals surface area contributed by atoms with Crippen molar-refractivity contribution in [2.24, 2.45) is 23.7 Å². The lowest BCUT2D eigenvalue weighted by atomic mass is 9.59. The van der Waals surface area contributed by atoms with E-state index >= 15 is 0 Å². The highest BCUT2D eigenvalue weighted by molar-refractivity contribution is 5.52. The van der Waals surface area contributed by atoms with Crippen LogP contribution in [-0.2, 0) is 5.41 Å². The van der Waals surface area contributed by atoms with E-state index in [4.69, 9.17) is 9.47 Å². The molecule has 3 aliphatic carbocycles. The topological polar surface area (TPSA) is 114 Å². The van der Waals surface area contributed by atoms with Gasteiger partial charge in [0.25, 0.3) is 0 Å². The molecule has 4 atom stereocenters. The number of rotatable bonds is 6. The SMILES string of the molecule is N#Cc1ccc(Oc2ccc(C3(c4ccc(Oc5ccc(C#N)c(C#N)c5)cc4)CC4CC3C3CCCC43)cc2)cc1C#N. The molecule has 4 aromatic rings.